The lowest BCUT2D eigenvalue weighted by atomic mass is 9.96. The average molecular weight is 319 g/mol. The molecule has 23 heavy (non-hydrogen) atoms. The van der Waals surface area contributed by atoms with Crippen molar-refractivity contribution in [3.8, 4) is 0 Å². The van der Waals surface area contributed by atoms with Gasteiger partial charge in [-0.1, -0.05) is 12.1 Å². The number of methoxy groups -OCH3 is 1. The quantitative estimate of drug-likeness (QED) is 0.909. The highest BCUT2D eigenvalue weighted by atomic mass is 19.1. The molecule has 0 spiro atoms. The third kappa shape index (κ3) is 2.68. The number of nitrogens with zero attached hydrogens (tertiary/aromatic N) is 2. The molecule has 122 valence electrons. The van der Waals surface area contributed by atoms with E-state index in [-0.39, 0.29) is 11.9 Å². The first-order valence-electron chi connectivity index (χ1n) is 7.34. The zero-order valence-electron chi connectivity index (χ0n) is 13.0. The van der Waals surface area contributed by atoms with Crippen LogP contribution in [0, 0.1) is 5.82 Å². The van der Waals surface area contributed by atoms with Crippen LogP contribution in [0.2, 0.25) is 0 Å². The molecule has 1 aromatic rings. The van der Waals surface area contributed by atoms with Crippen molar-refractivity contribution < 1.29 is 18.7 Å². The third-order valence-electron chi connectivity index (χ3n) is 4.18. The van der Waals surface area contributed by atoms with Gasteiger partial charge in [-0.05, 0) is 17.7 Å². The fourth-order valence-electron chi connectivity index (χ4n) is 2.94. The van der Waals surface area contributed by atoms with Gasteiger partial charge >= 0.3 is 6.03 Å². The van der Waals surface area contributed by atoms with E-state index in [1.807, 2.05) is 0 Å². The predicted molar refractivity (Wildman–Crippen MR) is 80.9 cm³/mol. The Kier molecular flexibility index (Phi) is 4.04. The van der Waals surface area contributed by atoms with Crippen LogP contribution in [0.15, 0.2) is 35.5 Å². The number of ether oxygens (including phenoxy) is 1. The van der Waals surface area contributed by atoms with Crippen molar-refractivity contribution in [2.24, 2.45) is 0 Å². The molecule has 7 heteroatoms. The molecule has 1 N–H and O–H groups in total. The van der Waals surface area contributed by atoms with Crippen molar-refractivity contribution in [3.05, 3.63) is 46.9 Å². The number of amides is 3. The molecule has 0 radical (unpaired) electrons. The molecule has 0 saturated carbocycles. The van der Waals surface area contributed by atoms with Crippen LogP contribution in [0.4, 0.5) is 9.18 Å². The van der Waals surface area contributed by atoms with E-state index in [4.69, 9.17) is 4.74 Å². The topological polar surface area (TPSA) is 61.9 Å². The van der Waals surface area contributed by atoms with E-state index in [1.54, 1.807) is 31.2 Å². The average Bonchev–Trinajstić information content (AvgIpc) is 2.86. The van der Waals surface area contributed by atoms with Crippen LogP contribution in [-0.2, 0) is 9.53 Å². The van der Waals surface area contributed by atoms with Crippen LogP contribution in [0.5, 0.6) is 0 Å². The first-order chi connectivity index (χ1) is 11.0. The molecule has 6 nitrogen and oxygen atoms in total. The number of hydrogen-bond acceptors (Lipinski definition) is 3. The molecular formula is C16H18FN3O3. The van der Waals surface area contributed by atoms with Crippen molar-refractivity contribution >= 4 is 11.9 Å². The number of benzene rings is 1. The number of halogens is 1. The van der Waals surface area contributed by atoms with E-state index in [0.717, 1.165) is 0 Å². The standard InChI is InChI=1S/C16H18FN3O3/c1-19-12-9-20(6-7-23-2)15(21)13(12)14(18-16(19)22)10-4-3-5-11(17)8-10/h3-5,8,14H,6-7,9H2,1-2H3,(H,18,22). The number of carbonyl (C=O) groups is 2. The number of carbonyl (C=O) groups excluding carboxylic acids is 2. The van der Waals surface area contributed by atoms with Crippen LogP contribution in [0.3, 0.4) is 0 Å². The minimum absolute atomic E-state index is 0.154. The van der Waals surface area contributed by atoms with Gasteiger partial charge in [0.15, 0.2) is 0 Å². The van der Waals surface area contributed by atoms with E-state index in [9.17, 15) is 14.0 Å². The fourth-order valence-corrected chi connectivity index (χ4v) is 2.94. The summed E-state index contributed by atoms with van der Waals surface area (Å²) >= 11 is 0. The predicted octanol–water partition coefficient (Wildman–Crippen LogP) is 1.26. The fraction of sp³-hybridized carbons (Fsp3) is 0.375. The molecule has 2 aliphatic rings. The van der Waals surface area contributed by atoms with Crippen LogP contribution >= 0.6 is 0 Å². The molecule has 2 heterocycles. The lowest BCUT2D eigenvalue weighted by Gasteiger charge is -2.31. The molecule has 0 saturated heterocycles. The van der Waals surface area contributed by atoms with Crippen molar-refractivity contribution in [2.75, 3.05) is 33.9 Å². The third-order valence-corrected chi connectivity index (χ3v) is 4.18. The van der Waals surface area contributed by atoms with E-state index < -0.39 is 11.9 Å². The number of hydrogen-bond donors (Lipinski definition) is 1. The van der Waals surface area contributed by atoms with Crippen LogP contribution < -0.4 is 5.32 Å². The molecule has 1 atom stereocenters. The molecule has 0 fully saturated rings. The van der Waals surface area contributed by atoms with Gasteiger partial charge in [-0.25, -0.2) is 9.18 Å². The summed E-state index contributed by atoms with van der Waals surface area (Å²) < 4.78 is 18.6. The number of likely N-dealkylation sites (N-methyl/N-ethyl adjacent to an activating group) is 1. The van der Waals surface area contributed by atoms with Gasteiger partial charge in [0.2, 0.25) is 0 Å². The molecule has 0 bridgehead atoms. The van der Waals surface area contributed by atoms with Gasteiger partial charge in [0.25, 0.3) is 5.91 Å². The van der Waals surface area contributed by atoms with E-state index in [1.165, 1.54) is 17.0 Å². The van der Waals surface area contributed by atoms with Gasteiger partial charge in [0.05, 0.1) is 30.5 Å². The Bertz CT molecular complexity index is 689. The maximum absolute atomic E-state index is 13.5. The summed E-state index contributed by atoms with van der Waals surface area (Å²) in [4.78, 5) is 27.9. The van der Waals surface area contributed by atoms with Gasteiger partial charge < -0.3 is 15.0 Å². The molecule has 0 aliphatic carbocycles. The van der Waals surface area contributed by atoms with Gasteiger partial charge in [-0.3, -0.25) is 9.69 Å². The Labute approximate surface area is 133 Å². The largest absolute Gasteiger partial charge is 0.383 e. The van der Waals surface area contributed by atoms with E-state index in [0.29, 0.717) is 36.5 Å². The Balaban J connectivity index is 1.98. The van der Waals surface area contributed by atoms with Gasteiger partial charge in [-0.15, -0.1) is 0 Å². The molecule has 2 aliphatic heterocycles. The summed E-state index contributed by atoms with van der Waals surface area (Å²) in [6.07, 6.45) is 0. The molecule has 1 unspecified atom stereocenters. The number of urea groups is 1. The second-order valence-electron chi connectivity index (χ2n) is 5.58. The summed E-state index contributed by atoms with van der Waals surface area (Å²) in [5.41, 5.74) is 1.71. The Morgan fingerprint density at radius 1 is 1.39 bits per heavy atom. The molecule has 3 amide bonds. The summed E-state index contributed by atoms with van der Waals surface area (Å²) in [6, 6.07) is 5.00. The lowest BCUT2D eigenvalue weighted by molar-refractivity contribution is -0.126. The second-order valence-corrected chi connectivity index (χ2v) is 5.58. The SMILES string of the molecule is COCCN1CC2=C(C1=O)C(c1cccc(F)c1)NC(=O)N2C. The number of nitrogens with one attached hydrogen (secondary N) is 1. The second kappa shape index (κ2) is 6.00. The number of rotatable bonds is 4. The van der Waals surface area contributed by atoms with Crippen molar-refractivity contribution in [1.29, 1.82) is 0 Å². The highest BCUT2D eigenvalue weighted by Gasteiger charge is 2.42. The Morgan fingerprint density at radius 2 is 2.17 bits per heavy atom. The minimum Gasteiger partial charge on any atom is -0.383 e. The molecular weight excluding hydrogens is 301 g/mol. The normalized spacial score (nSPS) is 20.9. The highest BCUT2D eigenvalue weighted by molar-refractivity contribution is 6.01. The van der Waals surface area contributed by atoms with Crippen LogP contribution in [0.25, 0.3) is 0 Å². The Morgan fingerprint density at radius 3 is 2.87 bits per heavy atom. The zero-order valence-corrected chi connectivity index (χ0v) is 13.0. The van der Waals surface area contributed by atoms with Gasteiger partial charge in [0.1, 0.15) is 5.82 Å². The maximum atomic E-state index is 13.5. The zero-order chi connectivity index (χ0) is 16.6. The van der Waals surface area contributed by atoms with Gasteiger partial charge in [-0.2, -0.15) is 0 Å². The smallest absolute Gasteiger partial charge is 0.322 e. The monoisotopic (exact) mass is 319 g/mol. The van der Waals surface area contributed by atoms with Crippen molar-refractivity contribution in [2.45, 2.75) is 6.04 Å². The van der Waals surface area contributed by atoms with Crippen molar-refractivity contribution in [3.63, 3.8) is 0 Å². The highest BCUT2D eigenvalue weighted by Crippen LogP contribution is 2.35. The molecule has 0 aromatic heterocycles. The lowest BCUT2D eigenvalue weighted by Crippen LogP contribution is -2.45. The Hall–Kier alpha value is -2.41. The van der Waals surface area contributed by atoms with Crippen LogP contribution in [-0.4, -0.2) is 55.6 Å². The molecule has 3 rings (SSSR count). The maximum Gasteiger partial charge on any atom is 0.322 e. The van der Waals surface area contributed by atoms with E-state index in [2.05, 4.69) is 5.32 Å². The molecule has 1 aromatic carbocycles. The summed E-state index contributed by atoms with van der Waals surface area (Å²) in [5.74, 6) is -0.558. The minimum atomic E-state index is -0.635. The van der Waals surface area contributed by atoms with E-state index >= 15 is 0 Å². The summed E-state index contributed by atoms with van der Waals surface area (Å²) in [6.45, 7) is 1.22. The first kappa shape index (κ1) is 15.5. The first-order valence-corrected chi connectivity index (χ1v) is 7.34. The van der Waals surface area contributed by atoms with Gasteiger partial charge in [0, 0.05) is 20.7 Å². The van der Waals surface area contributed by atoms with Crippen LogP contribution in [0.1, 0.15) is 11.6 Å². The summed E-state index contributed by atoms with van der Waals surface area (Å²) in [5, 5.41) is 2.77. The van der Waals surface area contributed by atoms with Crippen molar-refractivity contribution in [1.82, 2.24) is 15.1 Å². The summed E-state index contributed by atoms with van der Waals surface area (Å²) in [7, 11) is 3.19.